The van der Waals surface area contributed by atoms with Gasteiger partial charge in [-0.2, -0.15) is 4.58 Å². The Morgan fingerprint density at radius 1 is 0.763 bits per heavy atom. The number of esters is 1. The molecule has 0 aliphatic carbocycles. The fourth-order valence-corrected chi connectivity index (χ4v) is 6.43. The van der Waals surface area contributed by atoms with Crippen LogP contribution in [-0.2, 0) is 16.1 Å². The number of carbonyl (C=O) groups excluding carboxylic acids is 2. The number of fused-ring (bicyclic) bond motifs is 3. The van der Waals surface area contributed by atoms with Crippen LogP contribution in [0.1, 0.15) is 48.0 Å². The number of rotatable bonds is 6. The van der Waals surface area contributed by atoms with Crippen molar-refractivity contribution in [2.75, 3.05) is 26.4 Å². The molecule has 0 radical (unpaired) electrons. The van der Waals surface area contributed by atoms with Crippen LogP contribution in [0.5, 0.6) is 0 Å². The molecule has 0 aromatic heterocycles. The Kier molecular flexibility index (Phi) is 6.77. The van der Waals surface area contributed by atoms with Crippen molar-refractivity contribution in [1.29, 1.82) is 0 Å². The van der Waals surface area contributed by atoms with Gasteiger partial charge in [-0.25, -0.2) is 9.28 Å². The number of ether oxygens (including phenoxy) is 1. The molecule has 4 aromatic rings. The summed E-state index contributed by atoms with van der Waals surface area (Å²) in [6.07, 6.45) is 5.42. The van der Waals surface area contributed by atoms with Gasteiger partial charge in [0.2, 0.25) is 6.73 Å². The predicted octanol–water partition coefficient (Wildman–Crippen LogP) is 6.08. The minimum atomic E-state index is -0.760. The highest BCUT2D eigenvalue weighted by Gasteiger charge is 2.46. The molecule has 0 saturated carbocycles. The molecule has 1 fully saturated rings. The molecule has 5 nitrogen and oxygen atoms in total. The maximum Gasteiger partial charge on any atom is 0.383 e. The van der Waals surface area contributed by atoms with Gasteiger partial charge in [-0.3, -0.25) is 4.79 Å². The zero-order valence-electron chi connectivity index (χ0n) is 21.8. The lowest BCUT2D eigenvalue weighted by Gasteiger charge is -2.37. The summed E-state index contributed by atoms with van der Waals surface area (Å²) in [5.74, 6) is 0.0199. The molecule has 192 valence electrons. The Balaban J connectivity index is 1.36. The summed E-state index contributed by atoms with van der Waals surface area (Å²) in [6, 6.07) is 28.3. The first-order chi connectivity index (χ1) is 18.6. The van der Waals surface area contributed by atoms with Crippen molar-refractivity contribution in [2.45, 2.75) is 38.6 Å². The van der Waals surface area contributed by atoms with Crippen LogP contribution in [0.25, 0.3) is 21.5 Å². The standard InChI is InChI=1S/C33H34N2O3/c36-32(25-12-3-1-4-13-25)33(37)38-24-35-20-10-2-5-18-31(35)34(19-11-21-35)23-30-28-16-8-6-14-26(28)22-27-15-7-9-17-29(27)30/h1,3-4,6-9,12-17,22H,2,5,10-11,18-21,23-24H2/q+2. The van der Waals surface area contributed by atoms with Crippen molar-refractivity contribution in [3.8, 4) is 0 Å². The zero-order chi connectivity index (χ0) is 26.0. The lowest BCUT2D eigenvalue weighted by molar-refractivity contribution is -0.894. The van der Waals surface area contributed by atoms with Crippen LogP contribution in [0, 0.1) is 0 Å². The van der Waals surface area contributed by atoms with Crippen molar-refractivity contribution in [1.82, 2.24) is 0 Å². The fourth-order valence-electron chi connectivity index (χ4n) is 6.43. The lowest BCUT2D eigenvalue weighted by atomic mass is 9.96. The first kappa shape index (κ1) is 24.5. The Morgan fingerprint density at radius 2 is 1.42 bits per heavy atom. The van der Waals surface area contributed by atoms with E-state index in [0.717, 1.165) is 51.9 Å². The highest BCUT2D eigenvalue weighted by molar-refractivity contribution is 6.40. The Morgan fingerprint density at radius 3 is 2.16 bits per heavy atom. The smallest absolute Gasteiger partial charge is 0.383 e. The van der Waals surface area contributed by atoms with E-state index in [4.69, 9.17) is 4.74 Å². The number of Topliss-reactive ketones (excluding diaryl/α,β-unsaturated/α-hetero) is 1. The molecule has 0 bridgehead atoms. The van der Waals surface area contributed by atoms with E-state index in [9.17, 15) is 9.59 Å². The topological polar surface area (TPSA) is 46.4 Å². The molecule has 0 amide bonds. The van der Waals surface area contributed by atoms with Crippen LogP contribution in [-0.4, -0.2) is 53.0 Å². The third kappa shape index (κ3) is 4.63. The maximum absolute atomic E-state index is 12.8. The van der Waals surface area contributed by atoms with Gasteiger partial charge in [-0.15, -0.1) is 0 Å². The Hall–Kier alpha value is -3.83. The van der Waals surface area contributed by atoms with Gasteiger partial charge in [-0.05, 0) is 46.9 Å². The van der Waals surface area contributed by atoms with E-state index in [1.165, 1.54) is 39.4 Å². The molecule has 0 N–H and O–H groups in total. The van der Waals surface area contributed by atoms with Gasteiger partial charge in [-0.1, -0.05) is 78.9 Å². The molecule has 2 aliphatic rings. The molecule has 6 rings (SSSR count). The minimum Gasteiger partial charge on any atom is -0.408 e. The summed E-state index contributed by atoms with van der Waals surface area (Å²) in [7, 11) is 0. The van der Waals surface area contributed by atoms with Crippen molar-refractivity contribution in [2.24, 2.45) is 0 Å². The monoisotopic (exact) mass is 506 g/mol. The van der Waals surface area contributed by atoms with Gasteiger partial charge in [0.15, 0.2) is 13.1 Å². The molecular formula is C33H34N2O3+2. The summed E-state index contributed by atoms with van der Waals surface area (Å²) in [5.41, 5.74) is 1.73. The Bertz CT molecular complexity index is 1490. The third-order valence-corrected chi connectivity index (χ3v) is 8.31. The van der Waals surface area contributed by atoms with E-state index in [-0.39, 0.29) is 6.73 Å². The highest BCUT2D eigenvalue weighted by Crippen LogP contribution is 2.31. The second-order valence-electron chi connectivity index (χ2n) is 10.6. The van der Waals surface area contributed by atoms with E-state index in [1.807, 2.05) is 6.07 Å². The van der Waals surface area contributed by atoms with E-state index in [2.05, 4.69) is 59.2 Å². The minimum absolute atomic E-state index is 0.222. The molecule has 1 saturated heterocycles. The molecule has 2 heterocycles. The van der Waals surface area contributed by atoms with Crippen LogP contribution < -0.4 is 0 Å². The Labute approximate surface area is 223 Å². The van der Waals surface area contributed by atoms with Crippen molar-refractivity contribution in [3.63, 3.8) is 0 Å². The lowest BCUT2D eigenvalue weighted by Crippen LogP contribution is -2.60. The van der Waals surface area contributed by atoms with Crippen LogP contribution in [0.2, 0.25) is 0 Å². The first-order valence-corrected chi connectivity index (χ1v) is 13.8. The number of hydrogen-bond donors (Lipinski definition) is 0. The van der Waals surface area contributed by atoms with E-state index < -0.39 is 11.8 Å². The van der Waals surface area contributed by atoms with Crippen LogP contribution >= 0.6 is 0 Å². The summed E-state index contributed by atoms with van der Waals surface area (Å²) in [5, 5.41) is 5.12. The molecule has 0 spiro atoms. The average Bonchev–Trinajstić information content (AvgIpc) is 3.19. The van der Waals surface area contributed by atoms with Crippen LogP contribution in [0.15, 0.2) is 84.9 Å². The highest BCUT2D eigenvalue weighted by atomic mass is 16.6. The van der Waals surface area contributed by atoms with Gasteiger partial charge >= 0.3 is 11.8 Å². The van der Waals surface area contributed by atoms with Crippen LogP contribution in [0.3, 0.4) is 0 Å². The number of amidine groups is 1. The van der Waals surface area contributed by atoms with Gasteiger partial charge in [0.1, 0.15) is 0 Å². The van der Waals surface area contributed by atoms with Crippen LogP contribution in [0.4, 0.5) is 0 Å². The van der Waals surface area contributed by atoms with Gasteiger partial charge < -0.3 is 4.74 Å². The van der Waals surface area contributed by atoms with Gasteiger partial charge in [0.05, 0.1) is 25.9 Å². The van der Waals surface area contributed by atoms with Crippen molar-refractivity contribution in [3.05, 3.63) is 96.1 Å². The number of quaternary nitrogens is 1. The number of benzene rings is 4. The molecule has 2 aliphatic heterocycles. The quantitative estimate of drug-likeness (QED) is 0.0795. The number of ketones is 1. The molecule has 5 heteroatoms. The first-order valence-electron chi connectivity index (χ1n) is 13.8. The zero-order valence-corrected chi connectivity index (χ0v) is 21.8. The van der Waals surface area contributed by atoms with Gasteiger partial charge in [0.25, 0.3) is 5.78 Å². The summed E-state index contributed by atoms with van der Waals surface area (Å²) in [4.78, 5) is 25.5. The van der Waals surface area contributed by atoms with E-state index >= 15 is 0 Å². The number of nitrogens with zero attached hydrogens (tertiary/aromatic N) is 2. The second-order valence-corrected chi connectivity index (χ2v) is 10.6. The maximum atomic E-state index is 12.8. The number of hydrogen-bond acceptors (Lipinski definition) is 3. The predicted molar refractivity (Wildman–Crippen MR) is 150 cm³/mol. The summed E-state index contributed by atoms with van der Waals surface area (Å²) in [6.45, 7) is 3.92. The van der Waals surface area contributed by atoms with Gasteiger partial charge in [0, 0.05) is 11.1 Å². The average molecular weight is 507 g/mol. The molecule has 1 atom stereocenters. The van der Waals surface area contributed by atoms with Crippen molar-refractivity contribution >= 4 is 39.1 Å². The fraction of sp³-hybridized carbons (Fsp3) is 0.303. The van der Waals surface area contributed by atoms with E-state index in [1.54, 1.807) is 24.3 Å². The van der Waals surface area contributed by atoms with E-state index in [0.29, 0.717) is 10.0 Å². The molecule has 4 aromatic carbocycles. The second kappa shape index (κ2) is 10.5. The largest absolute Gasteiger partial charge is 0.408 e. The third-order valence-electron chi connectivity index (χ3n) is 8.31. The molecule has 38 heavy (non-hydrogen) atoms. The number of carbonyl (C=O) groups is 2. The molecular weight excluding hydrogens is 472 g/mol. The van der Waals surface area contributed by atoms with Crippen molar-refractivity contribution < 1.29 is 23.4 Å². The summed E-state index contributed by atoms with van der Waals surface area (Å²) >= 11 is 0. The summed E-state index contributed by atoms with van der Waals surface area (Å²) < 4.78 is 8.99. The SMILES string of the molecule is O=C(OC[N+]12CCCCCC1=[N+](Cc1c3ccccc3cc3ccccc13)CCC2)C(=O)c1ccccc1. The normalized spacial score (nSPS) is 19.7. The molecule has 1 unspecified atom stereocenters.